The van der Waals surface area contributed by atoms with Crippen LogP contribution in [-0.4, -0.2) is 27.8 Å². The summed E-state index contributed by atoms with van der Waals surface area (Å²) in [4.78, 5) is 8.96. The van der Waals surface area contributed by atoms with Crippen molar-refractivity contribution in [1.82, 2.24) is 9.97 Å². The lowest BCUT2D eigenvalue weighted by Crippen LogP contribution is -2.08. The maximum atomic E-state index is 13.6. The van der Waals surface area contributed by atoms with E-state index in [1.54, 1.807) is 6.07 Å². The van der Waals surface area contributed by atoms with Gasteiger partial charge in [0.2, 0.25) is 0 Å². The molecule has 0 radical (unpaired) electrons. The Bertz CT molecular complexity index is 1020. The minimum Gasteiger partial charge on any atom is -0.505 e. The lowest BCUT2D eigenvalue weighted by molar-refractivity contribution is 0.0566. The summed E-state index contributed by atoms with van der Waals surface area (Å²) < 4.78 is 19.4. The number of aromatic nitrogens is 2. The first-order valence-electron chi connectivity index (χ1n) is 11.8. The van der Waals surface area contributed by atoms with Gasteiger partial charge in [0, 0.05) is 30.1 Å². The average molecular weight is 449 g/mol. The summed E-state index contributed by atoms with van der Waals surface area (Å²) in [7, 11) is 0. The molecular weight excluding hydrogens is 415 g/mol. The van der Waals surface area contributed by atoms with Crippen LogP contribution in [0.1, 0.15) is 57.9 Å². The molecule has 0 saturated carbocycles. The maximum absolute atomic E-state index is 13.6. The highest BCUT2D eigenvalue weighted by atomic mass is 19.1. The van der Waals surface area contributed by atoms with Crippen molar-refractivity contribution in [2.45, 2.75) is 58.5 Å². The summed E-state index contributed by atoms with van der Waals surface area (Å²) in [5.41, 5.74) is 3.42. The lowest BCUT2D eigenvalue weighted by Gasteiger charge is -2.11. The zero-order chi connectivity index (χ0) is 23.5. The summed E-state index contributed by atoms with van der Waals surface area (Å²) >= 11 is 0. The normalized spacial score (nSPS) is 12.3. The van der Waals surface area contributed by atoms with E-state index >= 15 is 0 Å². The van der Waals surface area contributed by atoms with Crippen LogP contribution in [0.4, 0.5) is 4.39 Å². The number of unbranched alkanes of at least 4 members (excludes halogenated alkanes) is 3. The Labute approximate surface area is 196 Å². The van der Waals surface area contributed by atoms with Gasteiger partial charge in [0.1, 0.15) is 0 Å². The molecule has 3 rings (SSSR count). The second kappa shape index (κ2) is 12.9. The Morgan fingerprint density at radius 2 is 1.67 bits per heavy atom. The van der Waals surface area contributed by atoms with E-state index in [-0.39, 0.29) is 5.75 Å². The molecule has 0 spiro atoms. The van der Waals surface area contributed by atoms with Crippen molar-refractivity contribution >= 4 is 6.08 Å². The first-order chi connectivity index (χ1) is 16.1. The zero-order valence-corrected chi connectivity index (χ0v) is 19.5. The Hall–Kier alpha value is -3.05. The Morgan fingerprint density at radius 3 is 2.36 bits per heavy atom. The topological polar surface area (TPSA) is 55.2 Å². The van der Waals surface area contributed by atoms with Crippen LogP contribution in [0, 0.1) is 5.82 Å². The van der Waals surface area contributed by atoms with Crippen LogP contribution in [0.5, 0.6) is 5.75 Å². The highest BCUT2D eigenvalue weighted by Crippen LogP contribution is 2.26. The summed E-state index contributed by atoms with van der Waals surface area (Å²) in [6, 6.07) is 12.0. The molecule has 0 amide bonds. The van der Waals surface area contributed by atoms with Gasteiger partial charge >= 0.3 is 0 Å². The van der Waals surface area contributed by atoms with E-state index in [0.29, 0.717) is 17.5 Å². The second-order valence-electron chi connectivity index (χ2n) is 8.31. The Balaban J connectivity index is 1.47. The number of halogens is 1. The third kappa shape index (κ3) is 7.79. The minimum atomic E-state index is -0.631. The number of rotatable bonds is 12. The monoisotopic (exact) mass is 448 g/mol. The molecule has 1 aromatic heterocycles. The van der Waals surface area contributed by atoms with Crippen molar-refractivity contribution in [2.75, 3.05) is 6.61 Å². The van der Waals surface area contributed by atoms with Crippen LogP contribution in [0.2, 0.25) is 0 Å². The fourth-order valence-electron chi connectivity index (χ4n) is 3.53. The predicted octanol–water partition coefficient (Wildman–Crippen LogP) is 7.43. The van der Waals surface area contributed by atoms with Gasteiger partial charge < -0.3 is 9.84 Å². The second-order valence-corrected chi connectivity index (χ2v) is 8.31. The number of allylic oxidation sites excluding steroid dienone is 1. The van der Waals surface area contributed by atoms with E-state index in [2.05, 4.69) is 36.0 Å². The molecule has 2 aromatic carbocycles. The summed E-state index contributed by atoms with van der Waals surface area (Å²) in [5.74, 6) is -0.335. The van der Waals surface area contributed by atoms with Gasteiger partial charge in [-0.2, -0.15) is 0 Å². The molecule has 1 unspecified atom stereocenters. The summed E-state index contributed by atoms with van der Waals surface area (Å²) in [6.07, 6.45) is 15.0. The van der Waals surface area contributed by atoms with E-state index in [0.717, 1.165) is 49.0 Å². The molecule has 4 nitrogen and oxygen atoms in total. The van der Waals surface area contributed by atoms with Crippen molar-refractivity contribution in [3.05, 3.63) is 72.3 Å². The Morgan fingerprint density at radius 1 is 0.970 bits per heavy atom. The highest BCUT2D eigenvalue weighted by Gasteiger charge is 2.06. The predicted molar refractivity (Wildman–Crippen MR) is 132 cm³/mol. The fraction of sp³-hybridized carbons (Fsp3) is 0.357. The molecule has 0 aliphatic rings. The molecule has 174 valence electrons. The van der Waals surface area contributed by atoms with Crippen molar-refractivity contribution in [2.24, 2.45) is 0 Å². The molecule has 0 aliphatic heterocycles. The number of nitrogens with zero attached hydrogens (tertiary/aromatic N) is 2. The molecule has 0 fully saturated rings. The molecule has 1 heterocycles. The smallest absolute Gasteiger partial charge is 0.165 e. The third-order valence-electron chi connectivity index (χ3n) is 5.54. The summed E-state index contributed by atoms with van der Waals surface area (Å²) in [5, 5.41) is 9.35. The van der Waals surface area contributed by atoms with Gasteiger partial charge in [0.05, 0.1) is 6.10 Å². The number of aromatic hydroxyl groups is 1. The molecule has 5 heteroatoms. The first kappa shape index (κ1) is 24.6. The van der Waals surface area contributed by atoms with Gasteiger partial charge in [-0.15, -0.1) is 0 Å². The molecule has 1 atom stereocenters. The average Bonchev–Trinajstić information content (AvgIpc) is 2.84. The molecule has 3 aromatic rings. The number of phenols is 1. The first-order valence-corrected chi connectivity index (χ1v) is 11.8. The van der Waals surface area contributed by atoms with Crippen LogP contribution < -0.4 is 0 Å². The quantitative estimate of drug-likeness (QED) is 0.293. The standard InChI is InChI=1S/C28H33FN2O2/c1-3-4-8-17-33-21(2)9-6-5-7-10-22-19-30-28(31-20-22)24-13-11-23(12-14-24)25-15-16-27(32)26(29)18-25/h7,10-16,18-21,32H,3-6,8-9,17H2,1-2H3. The van der Waals surface area contributed by atoms with Crippen LogP contribution in [0.15, 0.2) is 60.9 Å². The molecule has 33 heavy (non-hydrogen) atoms. The number of ether oxygens (including phenoxy) is 1. The molecule has 1 N–H and O–H groups in total. The zero-order valence-electron chi connectivity index (χ0n) is 19.5. The Kier molecular flexibility index (Phi) is 9.58. The highest BCUT2D eigenvalue weighted by molar-refractivity contribution is 5.68. The minimum absolute atomic E-state index is 0.317. The van der Waals surface area contributed by atoms with Gasteiger partial charge in [-0.05, 0) is 55.9 Å². The third-order valence-corrected chi connectivity index (χ3v) is 5.54. The van der Waals surface area contributed by atoms with Crippen molar-refractivity contribution in [3.8, 4) is 28.3 Å². The van der Waals surface area contributed by atoms with E-state index in [4.69, 9.17) is 4.74 Å². The molecule has 0 bridgehead atoms. The van der Waals surface area contributed by atoms with Crippen LogP contribution in [0.25, 0.3) is 28.6 Å². The van der Waals surface area contributed by atoms with E-state index in [9.17, 15) is 9.50 Å². The van der Waals surface area contributed by atoms with Crippen molar-refractivity contribution in [1.29, 1.82) is 0 Å². The number of hydrogen-bond acceptors (Lipinski definition) is 4. The number of benzene rings is 2. The van der Waals surface area contributed by atoms with E-state index in [1.165, 1.54) is 25.0 Å². The SMILES string of the molecule is CCCCCOC(C)CCCC=Cc1cnc(-c2ccc(-c3ccc(O)c(F)c3)cc2)nc1. The van der Waals surface area contributed by atoms with Crippen LogP contribution in [-0.2, 0) is 4.74 Å². The fourth-order valence-corrected chi connectivity index (χ4v) is 3.53. The van der Waals surface area contributed by atoms with Gasteiger partial charge in [0.15, 0.2) is 17.4 Å². The van der Waals surface area contributed by atoms with Gasteiger partial charge in [-0.25, -0.2) is 14.4 Å². The van der Waals surface area contributed by atoms with E-state index in [1.807, 2.05) is 36.7 Å². The van der Waals surface area contributed by atoms with Gasteiger partial charge in [0.25, 0.3) is 0 Å². The maximum Gasteiger partial charge on any atom is 0.165 e. The van der Waals surface area contributed by atoms with Gasteiger partial charge in [-0.1, -0.05) is 62.2 Å². The van der Waals surface area contributed by atoms with Crippen LogP contribution in [0.3, 0.4) is 0 Å². The number of phenolic OH excluding ortho intramolecular Hbond substituents is 1. The van der Waals surface area contributed by atoms with Gasteiger partial charge in [-0.3, -0.25) is 0 Å². The lowest BCUT2D eigenvalue weighted by atomic mass is 10.0. The van der Waals surface area contributed by atoms with E-state index < -0.39 is 5.82 Å². The summed E-state index contributed by atoms with van der Waals surface area (Å²) in [6.45, 7) is 5.22. The van der Waals surface area contributed by atoms with Crippen molar-refractivity contribution < 1.29 is 14.2 Å². The molecule has 0 aliphatic carbocycles. The largest absolute Gasteiger partial charge is 0.505 e. The number of hydrogen-bond donors (Lipinski definition) is 1. The molecular formula is C28H33FN2O2. The molecule has 0 saturated heterocycles. The van der Waals surface area contributed by atoms with Crippen molar-refractivity contribution in [3.63, 3.8) is 0 Å². The van der Waals surface area contributed by atoms with Crippen LogP contribution >= 0.6 is 0 Å².